The molecule has 0 aliphatic carbocycles. The third kappa shape index (κ3) is 4.31. The lowest BCUT2D eigenvalue weighted by atomic mass is 10.3. The topological polar surface area (TPSA) is 34.2 Å². The SMILES string of the molecule is CCN1CCN(CC[Si](OC)(OC)OC)CC1. The van der Waals surface area contributed by atoms with E-state index in [1.54, 1.807) is 21.3 Å². The van der Waals surface area contributed by atoms with Crippen LogP contribution >= 0.6 is 0 Å². The monoisotopic (exact) mass is 262 g/mol. The van der Waals surface area contributed by atoms with Gasteiger partial charge in [0.1, 0.15) is 0 Å². The molecule has 0 aromatic carbocycles. The molecular weight excluding hydrogens is 236 g/mol. The molecule has 6 heteroatoms. The van der Waals surface area contributed by atoms with Gasteiger partial charge in [0.25, 0.3) is 0 Å². The molecule has 0 N–H and O–H groups in total. The predicted octanol–water partition coefficient (Wildman–Crippen LogP) is 0.502. The summed E-state index contributed by atoms with van der Waals surface area (Å²) in [6, 6.07) is 0.864. The highest BCUT2D eigenvalue weighted by Crippen LogP contribution is 2.14. The molecule has 0 aromatic heterocycles. The molecule has 17 heavy (non-hydrogen) atoms. The van der Waals surface area contributed by atoms with E-state index in [1.165, 1.54) is 0 Å². The Bertz CT molecular complexity index is 199. The van der Waals surface area contributed by atoms with Crippen molar-refractivity contribution in [3.8, 4) is 0 Å². The molecule has 1 heterocycles. The lowest BCUT2D eigenvalue weighted by Crippen LogP contribution is -2.50. The largest absolute Gasteiger partial charge is 0.501 e. The smallest absolute Gasteiger partial charge is 0.377 e. The lowest BCUT2D eigenvalue weighted by molar-refractivity contribution is 0.106. The second kappa shape index (κ2) is 7.45. The van der Waals surface area contributed by atoms with Crippen LogP contribution < -0.4 is 0 Å². The van der Waals surface area contributed by atoms with E-state index in [9.17, 15) is 0 Å². The van der Waals surface area contributed by atoms with Gasteiger partial charge in [0.05, 0.1) is 0 Å². The average molecular weight is 262 g/mol. The van der Waals surface area contributed by atoms with Gasteiger partial charge < -0.3 is 23.1 Å². The van der Waals surface area contributed by atoms with Gasteiger partial charge >= 0.3 is 8.80 Å². The molecule has 0 saturated carbocycles. The number of hydrogen-bond donors (Lipinski definition) is 0. The van der Waals surface area contributed by atoms with Gasteiger partial charge in [-0.2, -0.15) is 0 Å². The van der Waals surface area contributed by atoms with Crippen molar-refractivity contribution in [1.29, 1.82) is 0 Å². The molecule has 0 atom stereocenters. The first kappa shape index (κ1) is 15.1. The maximum absolute atomic E-state index is 5.43. The van der Waals surface area contributed by atoms with Gasteiger partial charge in [-0.3, -0.25) is 0 Å². The number of likely N-dealkylation sites (N-methyl/N-ethyl adjacent to an activating group) is 1. The molecule has 1 aliphatic heterocycles. The minimum Gasteiger partial charge on any atom is -0.377 e. The van der Waals surface area contributed by atoms with Crippen molar-refractivity contribution in [3.05, 3.63) is 0 Å². The van der Waals surface area contributed by atoms with Gasteiger partial charge in [-0.1, -0.05) is 6.92 Å². The van der Waals surface area contributed by atoms with Crippen LogP contribution in [0, 0.1) is 0 Å². The third-order valence-electron chi connectivity index (χ3n) is 3.58. The summed E-state index contributed by atoms with van der Waals surface area (Å²) in [4.78, 5) is 4.94. The van der Waals surface area contributed by atoms with Gasteiger partial charge in [0.2, 0.25) is 0 Å². The molecule has 1 fully saturated rings. The molecule has 0 radical (unpaired) electrons. The summed E-state index contributed by atoms with van der Waals surface area (Å²) in [5.41, 5.74) is 0. The summed E-state index contributed by atoms with van der Waals surface area (Å²) in [7, 11) is 2.64. The standard InChI is InChI=1S/C11H26N2O3Si/c1-5-12-6-8-13(9-7-12)10-11-17(14-2,15-3)16-4/h5-11H2,1-4H3. The molecule has 1 rings (SSSR count). The van der Waals surface area contributed by atoms with Crippen molar-refractivity contribution in [2.45, 2.75) is 13.0 Å². The highest BCUT2D eigenvalue weighted by molar-refractivity contribution is 6.60. The Kier molecular flexibility index (Phi) is 6.61. The fraction of sp³-hybridized carbons (Fsp3) is 1.00. The summed E-state index contributed by atoms with van der Waals surface area (Å²) in [5.74, 6) is 0. The summed E-state index contributed by atoms with van der Waals surface area (Å²) in [5, 5.41) is 0. The Hall–Kier alpha value is 0.0169. The van der Waals surface area contributed by atoms with Crippen molar-refractivity contribution in [1.82, 2.24) is 9.80 Å². The lowest BCUT2D eigenvalue weighted by Gasteiger charge is -2.35. The van der Waals surface area contributed by atoms with Crippen molar-refractivity contribution in [3.63, 3.8) is 0 Å². The molecule has 102 valence electrons. The molecule has 0 aromatic rings. The van der Waals surface area contributed by atoms with Gasteiger partial charge in [0.15, 0.2) is 0 Å². The van der Waals surface area contributed by atoms with Crippen LogP contribution in [0.1, 0.15) is 6.92 Å². The van der Waals surface area contributed by atoms with Crippen LogP contribution in [0.25, 0.3) is 0 Å². The van der Waals surface area contributed by atoms with E-state index in [4.69, 9.17) is 13.3 Å². The van der Waals surface area contributed by atoms with Gasteiger partial charge in [0, 0.05) is 60.1 Å². The van der Waals surface area contributed by atoms with Crippen molar-refractivity contribution in [2.24, 2.45) is 0 Å². The van der Waals surface area contributed by atoms with E-state index in [1.807, 2.05) is 0 Å². The minimum absolute atomic E-state index is 0.864. The second-order valence-corrected chi connectivity index (χ2v) is 7.41. The Morgan fingerprint density at radius 2 is 1.35 bits per heavy atom. The maximum Gasteiger partial charge on any atom is 0.501 e. The molecule has 1 saturated heterocycles. The average Bonchev–Trinajstić information content (AvgIpc) is 2.41. The van der Waals surface area contributed by atoms with Crippen LogP contribution in [0.15, 0.2) is 0 Å². The fourth-order valence-corrected chi connectivity index (χ4v) is 3.88. The molecule has 5 nitrogen and oxygen atoms in total. The van der Waals surface area contributed by atoms with Crippen LogP contribution in [-0.2, 0) is 13.3 Å². The maximum atomic E-state index is 5.43. The molecule has 0 bridgehead atoms. The van der Waals surface area contributed by atoms with Crippen LogP contribution in [0.3, 0.4) is 0 Å². The van der Waals surface area contributed by atoms with E-state index in [0.29, 0.717) is 0 Å². The Balaban J connectivity index is 2.31. The Labute approximate surface area is 106 Å². The summed E-state index contributed by atoms with van der Waals surface area (Å²) in [6.07, 6.45) is 0. The number of hydrogen-bond acceptors (Lipinski definition) is 5. The van der Waals surface area contributed by atoms with Gasteiger partial charge in [-0.25, -0.2) is 0 Å². The molecule has 0 amide bonds. The van der Waals surface area contributed by atoms with Crippen LogP contribution in [-0.4, -0.2) is 79.2 Å². The number of piperazine rings is 1. The summed E-state index contributed by atoms with van der Waals surface area (Å²) < 4.78 is 16.3. The predicted molar refractivity (Wildman–Crippen MR) is 70.1 cm³/mol. The zero-order chi connectivity index (χ0) is 12.7. The van der Waals surface area contributed by atoms with Crippen LogP contribution in [0.5, 0.6) is 0 Å². The summed E-state index contributed by atoms with van der Waals surface area (Å²) in [6.45, 7) is 8.97. The van der Waals surface area contributed by atoms with Crippen molar-refractivity contribution >= 4 is 8.80 Å². The molecule has 0 unspecified atom stereocenters. The molecular formula is C11H26N2O3Si. The third-order valence-corrected chi connectivity index (χ3v) is 6.28. The van der Waals surface area contributed by atoms with Crippen LogP contribution in [0.2, 0.25) is 6.04 Å². The minimum atomic E-state index is -2.38. The number of rotatable bonds is 7. The molecule has 1 aliphatic rings. The van der Waals surface area contributed by atoms with E-state index in [2.05, 4.69) is 16.7 Å². The van der Waals surface area contributed by atoms with Gasteiger partial charge in [-0.15, -0.1) is 0 Å². The van der Waals surface area contributed by atoms with E-state index in [-0.39, 0.29) is 0 Å². The number of nitrogens with zero attached hydrogens (tertiary/aromatic N) is 2. The zero-order valence-corrected chi connectivity index (χ0v) is 12.6. The molecule has 0 spiro atoms. The van der Waals surface area contributed by atoms with Crippen molar-refractivity contribution < 1.29 is 13.3 Å². The van der Waals surface area contributed by atoms with Gasteiger partial charge in [-0.05, 0) is 6.54 Å². The normalized spacial score (nSPS) is 19.8. The second-order valence-electron chi connectivity index (χ2n) is 4.32. The van der Waals surface area contributed by atoms with Crippen molar-refractivity contribution in [2.75, 3.05) is 60.6 Å². The summed E-state index contributed by atoms with van der Waals surface area (Å²) >= 11 is 0. The van der Waals surface area contributed by atoms with Crippen LogP contribution in [0.4, 0.5) is 0 Å². The zero-order valence-electron chi connectivity index (χ0n) is 11.6. The van der Waals surface area contributed by atoms with E-state index in [0.717, 1.165) is 45.3 Å². The first-order valence-corrected chi connectivity index (χ1v) is 8.23. The highest BCUT2D eigenvalue weighted by atomic mass is 28.4. The highest BCUT2D eigenvalue weighted by Gasteiger charge is 2.38. The first-order chi connectivity index (χ1) is 8.19. The first-order valence-electron chi connectivity index (χ1n) is 6.30. The fourth-order valence-electron chi connectivity index (χ4n) is 2.18. The van der Waals surface area contributed by atoms with E-state index >= 15 is 0 Å². The Morgan fingerprint density at radius 1 is 0.882 bits per heavy atom. The quantitative estimate of drug-likeness (QED) is 0.624. The Morgan fingerprint density at radius 3 is 1.76 bits per heavy atom. The van der Waals surface area contributed by atoms with E-state index < -0.39 is 8.80 Å².